The zero-order chi connectivity index (χ0) is 14.0. The molecule has 5 heteroatoms. The number of halogens is 4. The Bertz CT molecular complexity index is 593. The maximum absolute atomic E-state index is 13.0. The van der Waals surface area contributed by atoms with E-state index in [1.165, 1.54) is 31.4 Å². The van der Waals surface area contributed by atoms with Crippen molar-refractivity contribution in [3.8, 4) is 16.9 Å². The van der Waals surface area contributed by atoms with Gasteiger partial charge in [0, 0.05) is 5.02 Å². The van der Waals surface area contributed by atoms with Crippen LogP contribution in [0.25, 0.3) is 11.1 Å². The molecule has 0 saturated heterocycles. The second-order valence-corrected chi connectivity index (χ2v) is 4.36. The second-order valence-electron chi connectivity index (χ2n) is 3.92. The van der Waals surface area contributed by atoms with Crippen molar-refractivity contribution >= 4 is 11.6 Å². The van der Waals surface area contributed by atoms with Gasteiger partial charge in [0.2, 0.25) is 0 Å². The molecule has 0 unspecified atom stereocenters. The average Bonchev–Trinajstić information content (AvgIpc) is 2.37. The van der Waals surface area contributed by atoms with Gasteiger partial charge >= 0.3 is 6.18 Å². The van der Waals surface area contributed by atoms with E-state index in [1.807, 2.05) is 0 Å². The molecule has 0 aliphatic rings. The fourth-order valence-corrected chi connectivity index (χ4v) is 2.04. The molecule has 100 valence electrons. The van der Waals surface area contributed by atoms with Crippen molar-refractivity contribution in [2.45, 2.75) is 6.18 Å². The Morgan fingerprint density at radius 2 is 1.74 bits per heavy atom. The summed E-state index contributed by atoms with van der Waals surface area (Å²) in [6.07, 6.45) is -4.41. The van der Waals surface area contributed by atoms with Crippen LogP contribution >= 0.6 is 11.6 Å². The Balaban J connectivity index is 2.62. The van der Waals surface area contributed by atoms with Crippen LogP contribution in [0.1, 0.15) is 5.56 Å². The van der Waals surface area contributed by atoms with Crippen molar-refractivity contribution < 1.29 is 17.9 Å². The lowest BCUT2D eigenvalue weighted by molar-refractivity contribution is -0.137. The highest BCUT2D eigenvalue weighted by Crippen LogP contribution is 2.38. The third-order valence-corrected chi connectivity index (χ3v) is 2.87. The van der Waals surface area contributed by atoms with E-state index in [4.69, 9.17) is 16.3 Å². The van der Waals surface area contributed by atoms with Crippen molar-refractivity contribution in [3.63, 3.8) is 0 Å². The number of ether oxygens (including phenoxy) is 1. The summed E-state index contributed by atoms with van der Waals surface area (Å²) in [5, 5.41) is 0.325. The Hall–Kier alpha value is -1.68. The quantitative estimate of drug-likeness (QED) is 0.752. The first kappa shape index (κ1) is 13.7. The van der Waals surface area contributed by atoms with Crippen molar-refractivity contribution in [2.75, 3.05) is 7.11 Å². The number of methoxy groups -OCH3 is 1. The molecular formula is C14H10ClF3O. The number of hydrogen-bond acceptors (Lipinski definition) is 1. The van der Waals surface area contributed by atoms with Gasteiger partial charge in [-0.25, -0.2) is 0 Å². The first-order valence-corrected chi connectivity index (χ1v) is 5.81. The number of benzene rings is 2. The predicted molar refractivity (Wildman–Crippen MR) is 68.4 cm³/mol. The van der Waals surface area contributed by atoms with Gasteiger partial charge in [-0.3, -0.25) is 0 Å². The van der Waals surface area contributed by atoms with Gasteiger partial charge in [0.1, 0.15) is 5.75 Å². The number of hydrogen-bond donors (Lipinski definition) is 0. The highest BCUT2D eigenvalue weighted by molar-refractivity contribution is 6.31. The van der Waals surface area contributed by atoms with E-state index >= 15 is 0 Å². The molecule has 0 radical (unpaired) electrons. The molecule has 0 saturated carbocycles. The van der Waals surface area contributed by atoms with Gasteiger partial charge < -0.3 is 4.74 Å². The van der Waals surface area contributed by atoms with E-state index in [-0.39, 0.29) is 5.56 Å². The van der Waals surface area contributed by atoms with E-state index in [2.05, 4.69) is 0 Å². The molecule has 0 aliphatic carbocycles. The molecule has 0 aliphatic heterocycles. The highest BCUT2D eigenvalue weighted by Gasteiger charge is 2.33. The Kier molecular flexibility index (Phi) is 3.71. The molecule has 19 heavy (non-hydrogen) atoms. The summed E-state index contributed by atoms with van der Waals surface area (Å²) in [7, 11) is 1.44. The minimum absolute atomic E-state index is 0.0794. The fourth-order valence-electron chi connectivity index (χ4n) is 1.82. The molecule has 2 rings (SSSR count). The molecule has 0 fully saturated rings. The third-order valence-electron chi connectivity index (χ3n) is 2.65. The van der Waals surface area contributed by atoms with Crippen LogP contribution in [0.4, 0.5) is 13.2 Å². The first-order chi connectivity index (χ1) is 8.91. The molecule has 2 aromatic carbocycles. The van der Waals surface area contributed by atoms with Gasteiger partial charge in [-0.15, -0.1) is 0 Å². The summed E-state index contributed by atoms with van der Waals surface area (Å²) in [4.78, 5) is 0. The molecule has 0 N–H and O–H groups in total. The summed E-state index contributed by atoms with van der Waals surface area (Å²) in [5.41, 5.74) is -0.243. The lowest BCUT2D eigenvalue weighted by Gasteiger charge is -2.13. The third kappa shape index (κ3) is 3.01. The largest absolute Gasteiger partial charge is 0.497 e. The molecule has 0 heterocycles. The zero-order valence-electron chi connectivity index (χ0n) is 9.96. The van der Waals surface area contributed by atoms with E-state index in [0.717, 1.165) is 6.07 Å². The van der Waals surface area contributed by atoms with Crippen LogP contribution in [-0.4, -0.2) is 7.11 Å². The van der Waals surface area contributed by atoms with E-state index < -0.39 is 11.7 Å². The average molecular weight is 287 g/mol. The molecule has 0 amide bonds. The minimum atomic E-state index is -4.41. The summed E-state index contributed by atoms with van der Waals surface area (Å²) in [6.45, 7) is 0. The maximum Gasteiger partial charge on any atom is 0.417 e. The summed E-state index contributed by atoms with van der Waals surface area (Å²) in [6, 6.07) is 9.91. The smallest absolute Gasteiger partial charge is 0.417 e. The van der Waals surface area contributed by atoms with Crippen LogP contribution in [0.15, 0.2) is 42.5 Å². The normalized spacial score (nSPS) is 11.4. The lowest BCUT2D eigenvalue weighted by atomic mass is 9.99. The van der Waals surface area contributed by atoms with Crippen LogP contribution in [0, 0.1) is 0 Å². The Morgan fingerprint density at radius 1 is 1.05 bits per heavy atom. The fraction of sp³-hybridized carbons (Fsp3) is 0.143. The summed E-state index contributed by atoms with van der Waals surface area (Å²) >= 11 is 5.88. The first-order valence-electron chi connectivity index (χ1n) is 5.43. The van der Waals surface area contributed by atoms with Crippen LogP contribution in [0.2, 0.25) is 5.02 Å². The van der Waals surface area contributed by atoms with Crippen molar-refractivity contribution in [1.29, 1.82) is 0 Å². The molecular weight excluding hydrogens is 277 g/mol. The molecule has 0 aromatic heterocycles. The van der Waals surface area contributed by atoms with E-state index in [9.17, 15) is 13.2 Å². The Morgan fingerprint density at radius 3 is 2.37 bits per heavy atom. The molecule has 0 bridgehead atoms. The standard InChI is InChI=1S/C14H10ClF3O/c1-19-11-7-9(6-10(15)8-11)12-4-2-3-5-13(12)14(16,17)18/h2-8H,1H3. The molecule has 0 spiro atoms. The van der Waals surface area contributed by atoms with Crippen LogP contribution < -0.4 is 4.74 Å². The van der Waals surface area contributed by atoms with Gasteiger partial charge in [-0.2, -0.15) is 13.2 Å². The topological polar surface area (TPSA) is 9.23 Å². The molecule has 0 atom stereocenters. The van der Waals surface area contributed by atoms with Gasteiger partial charge in [-0.05, 0) is 35.4 Å². The maximum atomic E-state index is 13.0. The van der Waals surface area contributed by atoms with Gasteiger partial charge in [0.05, 0.1) is 12.7 Å². The van der Waals surface area contributed by atoms with Gasteiger partial charge in [-0.1, -0.05) is 29.8 Å². The van der Waals surface area contributed by atoms with Gasteiger partial charge in [0.25, 0.3) is 0 Å². The van der Waals surface area contributed by atoms with Crippen LogP contribution in [-0.2, 0) is 6.18 Å². The van der Waals surface area contributed by atoms with Crippen LogP contribution in [0.5, 0.6) is 5.75 Å². The molecule has 2 aromatic rings. The van der Waals surface area contributed by atoms with Gasteiger partial charge in [0.15, 0.2) is 0 Å². The van der Waals surface area contributed by atoms with Crippen LogP contribution in [0.3, 0.4) is 0 Å². The Labute approximate surface area is 113 Å². The van der Waals surface area contributed by atoms with E-state index in [1.54, 1.807) is 12.1 Å². The summed E-state index contributed by atoms with van der Waals surface area (Å²) < 4.78 is 43.9. The minimum Gasteiger partial charge on any atom is -0.497 e. The highest BCUT2D eigenvalue weighted by atomic mass is 35.5. The zero-order valence-corrected chi connectivity index (χ0v) is 10.7. The molecule has 1 nitrogen and oxygen atoms in total. The monoisotopic (exact) mass is 286 g/mol. The van der Waals surface area contributed by atoms with Crippen molar-refractivity contribution in [1.82, 2.24) is 0 Å². The lowest BCUT2D eigenvalue weighted by Crippen LogP contribution is -2.06. The second kappa shape index (κ2) is 5.13. The van der Waals surface area contributed by atoms with E-state index in [0.29, 0.717) is 16.3 Å². The van der Waals surface area contributed by atoms with Crippen molar-refractivity contribution in [3.05, 3.63) is 53.1 Å². The SMILES string of the molecule is COc1cc(Cl)cc(-c2ccccc2C(F)(F)F)c1. The predicted octanol–water partition coefficient (Wildman–Crippen LogP) is 5.03. The number of alkyl halides is 3. The number of rotatable bonds is 2. The summed E-state index contributed by atoms with van der Waals surface area (Å²) in [5.74, 6) is 0.416. The van der Waals surface area contributed by atoms with Crippen molar-refractivity contribution in [2.24, 2.45) is 0 Å².